The van der Waals surface area contributed by atoms with Crippen LogP contribution in [0.4, 0.5) is 8.78 Å². The highest BCUT2D eigenvalue weighted by atomic mass is 19.3. The number of rotatable bonds is 9. The van der Waals surface area contributed by atoms with Gasteiger partial charge in [-0.2, -0.15) is 14.0 Å². The topological polar surface area (TPSA) is 85.2 Å². The summed E-state index contributed by atoms with van der Waals surface area (Å²) in [4.78, 5) is 4.13. The molecular formula is C23H25F2N7. The molecule has 0 bridgehead atoms. The molecule has 9 heteroatoms. The van der Waals surface area contributed by atoms with Crippen LogP contribution in [-0.2, 0) is 18.9 Å². The highest BCUT2D eigenvalue weighted by molar-refractivity contribution is 5.80. The Morgan fingerprint density at radius 1 is 1.00 bits per heavy atom. The normalized spacial score (nSPS) is 11.8. The van der Waals surface area contributed by atoms with Crippen LogP contribution in [0.3, 0.4) is 0 Å². The first-order valence-corrected chi connectivity index (χ1v) is 10.7. The van der Waals surface area contributed by atoms with E-state index in [9.17, 15) is 8.78 Å². The van der Waals surface area contributed by atoms with Gasteiger partial charge in [-0.15, -0.1) is 15.3 Å². The van der Waals surface area contributed by atoms with Gasteiger partial charge in [-0.25, -0.2) is 9.67 Å². The van der Waals surface area contributed by atoms with E-state index in [2.05, 4.69) is 37.6 Å². The maximum absolute atomic E-state index is 13.8. The van der Waals surface area contributed by atoms with Crippen LogP contribution in [0, 0.1) is 0 Å². The SMILES string of the molecule is CCCCCc1nc(C(C)(F)F)nn1Cc1ccc(-c2ccccc2-c2nn[nH]n2)cc1. The number of benzene rings is 2. The highest BCUT2D eigenvalue weighted by Gasteiger charge is 2.31. The minimum atomic E-state index is -3.06. The van der Waals surface area contributed by atoms with Crippen molar-refractivity contribution in [2.45, 2.75) is 52.0 Å². The number of unbranched alkanes of at least 4 members (excludes halogenated alkanes) is 2. The first kappa shape index (κ1) is 21.7. The molecule has 2 aromatic carbocycles. The number of tetrazole rings is 1. The molecule has 166 valence electrons. The first-order valence-electron chi connectivity index (χ1n) is 10.7. The fourth-order valence-corrected chi connectivity index (χ4v) is 3.57. The Labute approximate surface area is 184 Å². The van der Waals surface area contributed by atoms with Crippen molar-refractivity contribution in [3.05, 3.63) is 65.7 Å². The van der Waals surface area contributed by atoms with E-state index >= 15 is 0 Å². The van der Waals surface area contributed by atoms with Crippen molar-refractivity contribution in [1.82, 2.24) is 35.4 Å². The smallest absolute Gasteiger partial charge is 0.245 e. The third-order valence-electron chi connectivity index (χ3n) is 5.26. The van der Waals surface area contributed by atoms with Crippen molar-refractivity contribution in [2.24, 2.45) is 0 Å². The second kappa shape index (κ2) is 9.33. The van der Waals surface area contributed by atoms with Gasteiger partial charge in [-0.3, -0.25) is 0 Å². The fraction of sp³-hybridized carbons (Fsp3) is 0.348. The van der Waals surface area contributed by atoms with Crippen LogP contribution in [0.25, 0.3) is 22.5 Å². The molecule has 1 N–H and O–H groups in total. The lowest BCUT2D eigenvalue weighted by Gasteiger charge is -2.09. The summed E-state index contributed by atoms with van der Waals surface area (Å²) < 4.78 is 29.2. The van der Waals surface area contributed by atoms with Gasteiger partial charge in [0.2, 0.25) is 11.6 Å². The second-order valence-corrected chi connectivity index (χ2v) is 7.83. The summed E-state index contributed by atoms with van der Waals surface area (Å²) in [5.41, 5.74) is 3.81. The predicted octanol–water partition coefficient (Wildman–Crippen LogP) is 5.02. The zero-order chi connectivity index (χ0) is 22.6. The van der Waals surface area contributed by atoms with Crippen LogP contribution in [0.15, 0.2) is 48.5 Å². The molecule has 0 radical (unpaired) electrons. The highest BCUT2D eigenvalue weighted by Crippen LogP contribution is 2.30. The summed E-state index contributed by atoms with van der Waals surface area (Å²) in [6, 6.07) is 15.8. The third kappa shape index (κ3) is 4.87. The number of nitrogens with zero attached hydrogens (tertiary/aromatic N) is 6. The average molecular weight is 437 g/mol. The van der Waals surface area contributed by atoms with Gasteiger partial charge >= 0.3 is 5.92 Å². The molecule has 0 amide bonds. The van der Waals surface area contributed by atoms with E-state index in [1.807, 2.05) is 48.5 Å². The maximum Gasteiger partial charge on any atom is 0.305 e. The van der Waals surface area contributed by atoms with Crippen molar-refractivity contribution in [3.63, 3.8) is 0 Å². The molecule has 7 nitrogen and oxygen atoms in total. The Morgan fingerprint density at radius 2 is 1.75 bits per heavy atom. The quantitative estimate of drug-likeness (QED) is 0.372. The van der Waals surface area contributed by atoms with Crippen LogP contribution in [-0.4, -0.2) is 35.4 Å². The molecule has 0 saturated carbocycles. The van der Waals surface area contributed by atoms with E-state index in [4.69, 9.17) is 0 Å². The van der Waals surface area contributed by atoms with E-state index in [0.717, 1.165) is 48.4 Å². The van der Waals surface area contributed by atoms with Gasteiger partial charge < -0.3 is 0 Å². The molecule has 0 spiro atoms. The van der Waals surface area contributed by atoms with E-state index < -0.39 is 11.7 Å². The van der Waals surface area contributed by atoms with Crippen LogP contribution in [0.2, 0.25) is 0 Å². The van der Waals surface area contributed by atoms with Gasteiger partial charge in [0, 0.05) is 18.9 Å². The molecule has 4 rings (SSSR count). The first-order chi connectivity index (χ1) is 15.5. The standard InChI is InChI=1S/C23H25F2N7/c1-3-4-5-10-20-26-22(23(2,24)25)29-32(20)15-16-11-13-17(14-12-16)18-8-6-7-9-19(18)21-27-30-31-28-21/h6-9,11-14H,3-5,10,15H2,1-2H3,(H,27,28,30,31). The lowest BCUT2D eigenvalue weighted by molar-refractivity contribution is 0.00756. The predicted molar refractivity (Wildman–Crippen MR) is 117 cm³/mol. The van der Waals surface area contributed by atoms with Crippen molar-refractivity contribution in [3.8, 4) is 22.5 Å². The molecule has 0 atom stereocenters. The van der Waals surface area contributed by atoms with E-state index in [1.54, 1.807) is 4.68 Å². The van der Waals surface area contributed by atoms with Crippen molar-refractivity contribution in [2.75, 3.05) is 0 Å². The molecule has 0 fully saturated rings. The summed E-state index contributed by atoms with van der Waals surface area (Å²) >= 11 is 0. The van der Waals surface area contributed by atoms with Gasteiger partial charge in [0.15, 0.2) is 0 Å². The van der Waals surface area contributed by atoms with Gasteiger partial charge in [-0.1, -0.05) is 68.3 Å². The largest absolute Gasteiger partial charge is 0.305 e. The zero-order valence-corrected chi connectivity index (χ0v) is 18.1. The Kier molecular flexibility index (Phi) is 6.34. The average Bonchev–Trinajstić information content (AvgIpc) is 3.45. The number of nitrogens with one attached hydrogen (secondary N) is 1. The maximum atomic E-state index is 13.8. The van der Waals surface area contributed by atoms with Gasteiger partial charge in [0.05, 0.1) is 6.54 Å². The lowest BCUT2D eigenvalue weighted by atomic mass is 9.98. The minimum Gasteiger partial charge on any atom is -0.245 e. The monoisotopic (exact) mass is 437 g/mol. The minimum absolute atomic E-state index is 0.386. The number of aromatic nitrogens is 7. The number of halogens is 2. The van der Waals surface area contributed by atoms with E-state index in [0.29, 0.717) is 24.6 Å². The summed E-state index contributed by atoms with van der Waals surface area (Å²) in [7, 11) is 0. The van der Waals surface area contributed by atoms with Crippen molar-refractivity contribution < 1.29 is 8.78 Å². The van der Waals surface area contributed by atoms with Gasteiger partial charge in [0.25, 0.3) is 0 Å². The third-order valence-corrected chi connectivity index (χ3v) is 5.26. The summed E-state index contributed by atoms with van der Waals surface area (Å²) in [6.45, 7) is 3.32. The summed E-state index contributed by atoms with van der Waals surface area (Å²) in [5.74, 6) is -2.36. The Bertz CT molecular complexity index is 1150. The van der Waals surface area contributed by atoms with Crippen LogP contribution >= 0.6 is 0 Å². The van der Waals surface area contributed by atoms with Crippen LogP contribution in [0.5, 0.6) is 0 Å². The molecule has 2 aromatic heterocycles. The molecule has 0 unspecified atom stereocenters. The zero-order valence-electron chi connectivity index (χ0n) is 18.1. The summed E-state index contributed by atoms with van der Waals surface area (Å²) in [6.07, 6.45) is 3.61. The second-order valence-electron chi connectivity index (χ2n) is 7.83. The van der Waals surface area contributed by atoms with E-state index in [1.165, 1.54) is 0 Å². The number of aromatic amines is 1. The number of H-pyrrole nitrogens is 1. The van der Waals surface area contributed by atoms with Crippen molar-refractivity contribution in [1.29, 1.82) is 0 Å². The number of hydrogen-bond donors (Lipinski definition) is 1. The Morgan fingerprint density at radius 3 is 2.41 bits per heavy atom. The number of alkyl halides is 2. The lowest BCUT2D eigenvalue weighted by Crippen LogP contribution is -2.11. The molecule has 0 saturated heterocycles. The van der Waals surface area contributed by atoms with Gasteiger partial charge in [0.1, 0.15) is 5.82 Å². The van der Waals surface area contributed by atoms with Crippen molar-refractivity contribution >= 4 is 0 Å². The Balaban J connectivity index is 1.58. The molecule has 0 aliphatic carbocycles. The number of hydrogen-bond acceptors (Lipinski definition) is 5. The molecule has 0 aliphatic heterocycles. The molecule has 2 heterocycles. The van der Waals surface area contributed by atoms with Crippen LogP contribution < -0.4 is 0 Å². The van der Waals surface area contributed by atoms with Gasteiger partial charge in [-0.05, 0) is 28.3 Å². The fourth-order valence-electron chi connectivity index (χ4n) is 3.57. The molecule has 32 heavy (non-hydrogen) atoms. The molecular weight excluding hydrogens is 412 g/mol. The molecule has 4 aromatic rings. The molecule has 0 aliphatic rings. The van der Waals surface area contributed by atoms with E-state index in [-0.39, 0.29) is 0 Å². The van der Waals surface area contributed by atoms with Crippen LogP contribution in [0.1, 0.15) is 50.3 Å². The number of aryl methyl sites for hydroxylation is 1. The summed E-state index contributed by atoms with van der Waals surface area (Å²) in [5, 5.41) is 18.4. The Hall–Kier alpha value is -3.49.